The molecule has 0 aromatic carbocycles. The van der Waals surface area contributed by atoms with Gasteiger partial charge in [-0.25, -0.2) is 4.98 Å². The molecular formula is C11H18N2S. The van der Waals surface area contributed by atoms with Crippen LogP contribution in [0.1, 0.15) is 33.1 Å². The van der Waals surface area contributed by atoms with Gasteiger partial charge >= 0.3 is 0 Å². The molecule has 2 rings (SSSR count). The van der Waals surface area contributed by atoms with E-state index in [2.05, 4.69) is 24.1 Å². The zero-order chi connectivity index (χ0) is 9.97. The predicted octanol–water partition coefficient (Wildman–Crippen LogP) is 3.38. The first-order chi connectivity index (χ1) is 6.77. The van der Waals surface area contributed by atoms with Crippen LogP contribution in [0.4, 0.5) is 5.13 Å². The highest BCUT2D eigenvalue weighted by Crippen LogP contribution is 2.31. The summed E-state index contributed by atoms with van der Waals surface area (Å²) in [6, 6.07) is 0.620. The minimum atomic E-state index is 0.620. The smallest absolute Gasteiger partial charge is 0.182 e. The first-order valence-corrected chi connectivity index (χ1v) is 6.31. The SMILES string of the molecule is CC1CCCC(C)C1Nc1nccs1. The van der Waals surface area contributed by atoms with Crippen LogP contribution in [0.2, 0.25) is 0 Å². The Bertz CT molecular complexity index is 261. The fourth-order valence-electron chi connectivity index (χ4n) is 2.40. The van der Waals surface area contributed by atoms with Crippen molar-refractivity contribution in [1.29, 1.82) is 0 Å². The Balaban J connectivity index is 2.01. The summed E-state index contributed by atoms with van der Waals surface area (Å²) >= 11 is 1.70. The molecule has 3 heteroatoms. The Morgan fingerprint density at radius 3 is 2.64 bits per heavy atom. The van der Waals surface area contributed by atoms with Crippen molar-refractivity contribution in [3.8, 4) is 0 Å². The molecule has 1 aliphatic rings. The molecule has 1 aliphatic carbocycles. The number of anilines is 1. The molecule has 1 heterocycles. The van der Waals surface area contributed by atoms with Crippen LogP contribution in [0.25, 0.3) is 0 Å². The monoisotopic (exact) mass is 210 g/mol. The number of thiazole rings is 1. The summed E-state index contributed by atoms with van der Waals surface area (Å²) in [6.07, 6.45) is 5.96. The highest BCUT2D eigenvalue weighted by atomic mass is 32.1. The van der Waals surface area contributed by atoms with Gasteiger partial charge in [0.2, 0.25) is 0 Å². The van der Waals surface area contributed by atoms with E-state index in [0.717, 1.165) is 17.0 Å². The molecule has 0 spiro atoms. The Labute approximate surface area is 89.8 Å². The van der Waals surface area contributed by atoms with Crippen molar-refractivity contribution in [1.82, 2.24) is 4.98 Å². The normalized spacial score (nSPS) is 32.9. The quantitative estimate of drug-likeness (QED) is 0.809. The van der Waals surface area contributed by atoms with Gasteiger partial charge in [0, 0.05) is 17.6 Å². The van der Waals surface area contributed by atoms with Gasteiger partial charge in [-0.3, -0.25) is 0 Å². The van der Waals surface area contributed by atoms with E-state index in [0.29, 0.717) is 6.04 Å². The molecule has 0 saturated heterocycles. The predicted molar refractivity (Wildman–Crippen MR) is 61.7 cm³/mol. The average Bonchev–Trinajstić information content (AvgIpc) is 2.64. The second kappa shape index (κ2) is 4.30. The molecule has 78 valence electrons. The van der Waals surface area contributed by atoms with Crippen LogP contribution >= 0.6 is 11.3 Å². The summed E-state index contributed by atoms with van der Waals surface area (Å²) in [5, 5.41) is 6.68. The van der Waals surface area contributed by atoms with E-state index in [1.165, 1.54) is 19.3 Å². The molecule has 1 aromatic heterocycles. The maximum Gasteiger partial charge on any atom is 0.182 e. The van der Waals surface area contributed by atoms with Gasteiger partial charge in [-0.1, -0.05) is 20.3 Å². The lowest BCUT2D eigenvalue weighted by molar-refractivity contribution is 0.268. The molecule has 0 aliphatic heterocycles. The maximum atomic E-state index is 4.29. The van der Waals surface area contributed by atoms with E-state index < -0.39 is 0 Å². The van der Waals surface area contributed by atoms with Crippen molar-refractivity contribution in [3.63, 3.8) is 0 Å². The molecule has 1 aromatic rings. The fraction of sp³-hybridized carbons (Fsp3) is 0.727. The van der Waals surface area contributed by atoms with E-state index >= 15 is 0 Å². The van der Waals surface area contributed by atoms with Crippen LogP contribution in [0.3, 0.4) is 0 Å². The van der Waals surface area contributed by atoms with Gasteiger partial charge in [0.05, 0.1) is 0 Å². The first-order valence-electron chi connectivity index (χ1n) is 5.43. The van der Waals surface area contributed by atoms with Crippen molar-refractivity contribution < 1.29 is 0 Å². The molecule has 0 amide bonds. The van der Waals surface area contributed by atoms with Gasteiger partial charge < -0.3 is 5.32 Å². The highest BCUT2D eigenvalue weighted by Gasteiger charge is 2.27. The van der Waals surface area contributed by atoms with Gasteiger partial charge in [-0.15, -0.1) is 11.3 Å². The van der Waals surface area contributed by atoms with E-state index in [4.69, 9.17) is 0 Å². The van der Waals surface area contributed by atoms with Crippen LogP contribution < -0.4 is 5.32 Å². The number of nitrogens with zero attached hydrogens (tertiary/aromatic N) is 1. The lowest BCUT2D eigenvalue weighted by Crippen LogP contribution is -2.36. The maximum absolute atomic E-state index is 4.29. The van der Waals surface area contributed by atoms with Crippen molar-refractivity contribution in [3.05, 3.63) is 11.6 Å². The third-order valence-corrected chi connectivity index (χ3v) is 3.97. The number of rotatable bonds is 2. The second-order valence-electron chi connectivity index (χ2n) is 4.39. The average molecular weight is 210 g/mol. The molecule has 2 nitrogen and oxygen atoms in total. The van der Waals surface area contributed by atoms with Gasteiger partial charge in [0.25, 0.3) is 0 Å². The van der Waals surface area contributed by atoms with Gasteiger partial charge in [0.1, 0.15) is 0 Å². The summed E-state index contributed by atoms with van der Waals surface area (Å²) < 4.78 is 0. The molecule has 1 fully saturated rings. The molecule has 0 radical (unpaired) electrons. The summed E-state index contributed by atoms with van der Waals surface area (Å²) in [6.45, 7) is 4.70. The van der Waals surface area contributed by atoms with Crippen molar-refractivity contribution >= 4 is 16.5 Å². The number of hydrogen-bond acceptors (Lipinski definition) is 3. The van der Waals surface area contributed by atoms with Crippen LogP contribution in [0.5, 0.6) is 0 Å². The lowest BCUT2D eigenvalue weighted by atomic mass is 9.79. The van der Waals surface area contributed by atoms with Crippen molar-refractivity contribution in [2.45, 2.75) is 39.2 Å². The number of hydrogen-bond donors (Lipinski definition) is 1. The van der Waals surface area contributed by atoms with Gasteiger partial charge in [0.15, 0.2) is 5.13 Å². The van der Waals surface area contributed by atoms with Crippen LogP contribution in [0, 0.1) is 11.8 Å². The summed E-state index contributed by atoms with van der Waals surface area (Å²) in [7, 11) is 0. The van der Waals surface area contributed by atoms with Crippen LogP contribution in [-0.2, 0) is 0 Å². The number of aromatic nitrogens is 1. The van der Waals surface area contributed by atoms with E-state index in [9.17, 15) is 0 Å². The first kappa shape index (κ1) is 9.97. The Morgan fingerprint density at radius 1 is 1.36 bits per heavy atom. The minimum Gasteiger partial charge on any atom is -0.358 e. The highest BCUT2D eigenvalue weighted by molar-refractivity contribution is 7.13. The zero-order valence-corrected chi connectivity index (χ0v) is 9.68. The summed E-state index contributed by atoms with van der Waals surface area (Å²) in [5.74, 6) is 1.56. The number of nitrogens with one attached hydrogen (secondary N) is 1. The van der Waals surface area contributed by atoms with Crippen molar-refractivity contribution in [2.24, 2.45) is 11.8 Å². The van der Waals surface area contributed by atoms with Crippen LogP contribution in [-0.4, -0.2) is 11.0 Å². The Morgan fingerprint density at radius 2 is 2.07 bits per heavy atom. The molecule has 1 N–H and O–H groups in total. The van der Waals surface area contributed by atoms with E-state index in [1.807, 2.05) is 11.6 Å². The molecule has 0 bridgehead atoms. The summed E-state index contributed by atoms with van der Waals surface area (Å²) in [4.78, 5) is 4.29. The molecular weight excluding hydrogens is 192 g/mol. The zero-order valence-electron chi connectivity index (χ0n) is 8.86. The van der Waals surface area contributed by atoms with Gasteiger partial charge in [-0.2, -0.15) is 0 Å². The molecule has 14 heavy (non-hydrogen) atoms. The Hall–Kier alpha value is -0.570. The van der Waals surface area contributed by atoms with Gasteiger partial charge in [-0.05, 0) is 24.7 Å². The minimum absolute atomic E-state index is 0.620. The largest absolute Gasteiger partial charge is 0.358 e. The van der Waals surface area contributed by atoms with E-state index in [1.54, 1.807) is 11.3 Å². The third kappa shape index (κ3) is 2.08. The summed E-state index contributed by atoms with van der Waals surface area (Å²) in [5.41, 5.74) is 0. The van der Waals surface area contributed by atoms with Crippen LogP contribution in [0.15, 0.2) is 11.6 Å². The Kier molecular flexibility index (Phi) is 3.06. The van der Waals surface area contributed by atoms with E-state index in [-0.39, 0.29) is 0 Å². The molecule has 1 saturated carbocycles. The standard InChI is InChI=1S/C11H18N2S/c1-8-4-3-5-9(2)10(8)13-11-12-6-7-14-11/h6-10H,3-5H2,1-2H3,(H,12,13). The third-order valence-electron chi connectivity index (χ3n) is 3.27. The molecule has 2 unspecified atom stereocenters. The molecule has 2 atom stereocenters. The van der Waals surface area contributed by atoms with Crippen molar-refractivity contribution in [2.75, 3.05) is 5.32 Å². The second-order valence-corrected chi connectivity index (χ2v) is 5.29. The topological polar surface area (TPSA) is 24.9 Å². The lowest BCUT2D eigenvalue weighted by Gasteiger charge is -2.35. The fourth-order valence-corrected chi connectivity index (χ4v) is 2.98.